The van der Waals surface area contributed by atoms with E-state index >= 15 is 0 Å². The smallest absolute Gasteiger partial charge is 0.0426 e. The van der Waals surface area contributed by atoms with Crippen LogP contribution < -0.4 is 5.32 Å². The summed E-state index contributed by atoms with van der Waals surface area (Å²) >= 11 is 1.86. The van der Waals surface area contributed by atoms with Gasteiger partial charge in [0.15, 0.2) is 0 Å². The molecule has 0 bridgehead atoms. The predicted octanol–water partition coefficient (Wildman–Crippen LogP) is 4.83. The molecule has 1 aliphatic carbocycles. The van der Waals surface area contributed by atoms with Gasteiger partial charge in [-0.25, -0.2) is 0 Å². The molecule has 1 saturated carbocycles. The van der Waals surface area contributed by atoms with E-state index in [0.29, 0.717) is 11.5 Å². The van der Waals surface area contributed by atoms with Crippen LogP contribution in [-0.4, -0.2) is 6.54 Å². The number of likely N-dealkylation sites (N-methyl/N-ethyl adjacent to an activating group) is 1. The first-order valence-electron chi connectivity index (χ1n) is 7.60. The fourth-order valence-electron chi connectivity index (χ4n) is 3.52. The first kappa shape index (κ1) is 13.8. The average molecular weight is 285 g/mol. The normalized spacial score (nSPS) is 18.5. The zero-order valence-corrected chi connectivity index (χ0v) is 13.2. The van der Waals surface area contributed by atoms with E-state index in [4.69, 9.17) is 0 Å². The molecule has 1 aliphatic rings. The third kappa shape index (κ3) is 2.32. The summed E-state index contributed by atoms with van der Waals surface area (Å²) < 4.78 is 0. The van der Waals surface area contributed by atoms with Gasteiger partial charge in [-0.3, -0.25) is 0 Å². The van der Waals surface area contributed by atoms with Gasteiger partial charge in [-0.05, 0) is 48.9 Å². The topological polar surface area (TPSA) is 12.0 Å². The lowest BCUT2D eigenvalue weighted by Gasteiger charge is -2.48. The maximum absolute atomic E-state index is 3.76. The number of benzene rings is 1. The van der Waals surface area contributed by atoms with Gasteiger partial charge in [0.1, 0.15) is 0 Å². The summed E-state index contributed by atoms with van der Waals surface area (Å²) in [5, 5.41) is 6.10. The molecule has 1 fully saturated rings. The molecule has 1 N–H and O–H groups in total. The Labute approximate surface area is 126 Å². The second-order valence-corrected chi connectivity index (χ2v) is 6.97. The molecule has 0 radical (unpaired) electrons. The summed E-state index contributed by atoms with van der Waals surface area (Å²) in [5.41, 5.74) is 3.27. The molecule has 1 unspecified atom stereocenters. The number of rotatable bonds is 5. The van der Waals surface area contributed by atoms with Crippen molar-refractivity contribution in [3.8, 4) is 0 Å². The van der Waals surface area contributed by atoms with Gasteiger partial charge in [0, 0.05) is 16.3 Å². The van der Waals surface area contributed by atoms with Gasteiger partial charge in [0.05, 0.1) is 0 Å². The zero-order valence-electron chi connectivity index (χ0n) is 12.4. The fourth-order valence-corrected chi connectivity index (χ4v) is 4.25. The molecule has 1 nitrogen and oxygen atoms in total. The summed E-state index contributed by atoms with van der Waals surface area (Å²) in [6, 6.07) is 13.9. The highest BCUT2D eigenvalue weighted by Gasteiger charge is 2.45. The van der Waals surface area contributed by atoms with E-state index in [0.717, 1.165) is 6.54 Å². The molecular weight excluding hydrogens is 262 g/mol. The molecule has 2 aromatic rings. The van der Waals surface area contributed by atoms with Crippen LogP contribution in [0.3, 0.4) is 0 Å². The monoisotopic (exact) mass is 285 g/mol. The Bertz CT molecular complexity index is 554. The van der Waals surface area contributed by atoms with Crippen molar-refractivity contribution in [1.29, 1.82) is 0 Å². The van der Waals surface area contributed by atoms with Crippen LogP contribution in [0, 0.1) is 6.92 Å². The molecule has 0 saturated heterocycles. The quantitative estimate of drug-likeness (QED) is 0.829. The largest absolute Gasteiger partial charge is 0.309 e. The Balaban J connectivity index is 2.00. The first-order chi connectivity index (χ1) is 9.76. The molecule has 0 aliphatic heterocycles. The molecule has 1 aromatic carbocycles. The van der Waals surface area contributed by atoms with Crippen LogP contribution in [0.5, 0.6) is 0 Å². The van der Waals surface area contributed by atoms with E-state index in [1.54, 1.807) is 0 Å². The molecule has 0 spiro atoms. The second kappa shape index (κ2) is 5.71. The number of nitrogens with one attached hydrogen (secondary N) is 1. The summed E-state index contributed by atoms with van der Waals surface area (Å²) in [6.45, 7) is 5.44. The van der Waals surface area contributed by atoms with Crippen molar-refractivity contribution >= 4 is 11.3 Å². The van der Waals surface area contributed by atoms with E-state index < -0.39 is 0 Å². The van der Waals surface area contributed by atoms with Gasteiger partial charge in [-0.15, -0.1) is 11.3 Å². The molecule has 1 heterocycles. The Morgan fingerprint density at radius 3 is 2.50 bits per heavy atom. The van der Waals surface area contributed by atoms with Crippen molar-refractivity contribution in [3.05, 3.63) is 57.8 Å². The third-order valence-corrected chi connectivity index (χ3v) is 5.52. The molecule has 20 heavy (non-hydrogen) atoms. The molecule has 1 atom stereocenters. The molecule has 2 heteroatoms. The number of hydrogen-bond acceptors (Lipinski definition) is 2. The van der Waals surface area contributed by atoms with Gasteiger partial charge < -0.3 is 5.32 Å². The second-order valence-electron chi connectivity index (χ2n) is 5.86. The summed E-state index contributed by atoms with van der Waals surface area (Å²) in [6.07, 6.45) is 3.94. The van der Waals surface area contributed by atoms with Crippen LogP contribution in [-0.2, 0) is 5.41 Å². The van der Waals surface area contributed by atoms with E-state index in [1.807, 2.05) is 11.3 Å². The highest BCUT2D eigenvalue weighted by molar-refractivity contribution is 7.10. The minimum absolute atomic E-state index is 0.296. The van der Waals surface area contributed by atoms with Crippen molar-refractivity contribution in [2.45, 2.75) is 44.6 Å². The minimum atomic E-state index is 0.296. The van der Waals surface area contributed by atoms with E-state index in [-0.39, 0.29) is 0 Å². The van der Waals surface area contributed by atoms with Gasteiger partial charge in [-0.2, -0.15) is 0 Å². The number of thiophene rings is 1. The average Bonchev–Trinajstić information content (AvgIpc) is 2.84. The number of aryl methyl sites for hydroxylation is 1. The van der Waals surface area contributed by atoms with Crippen LogP contribution in [0.2, 0.25) is 0 Å². The van der Waals surface area contributed by atoms with E-state index in [1.165, 1.54) is 35.3 Å². The van der Waals surface area contributed by atoms with Crippen molar-refractivity contribution < 1.29 is 0 Å². The maximum atomic E-state index is 3.76. The minimum Gasteiger partial charge on any atom is -0.309 e. The molecular formula is C18H23NS. The van der Waals surface area contributed by atoms with Gasteiger partial charge in [0.25, 0.3) is 0 Å². The van der Waals surface area contributed by atoms with Crippen LogP contribution in [0.25, 0.3) is 0 Å². The number of hydrogen-bond donors (Lipinski definition) is 1. The van der Waals surface area contributed by atoms with Gasteiger partial charge in [-0.1, -0.05) is 43.7 Å². The Morgan fingerprint density at radius 2 is 2.00 bits per heavy atom. The van der Waals surface area contributed by atoms with Crippen molar-refractivity contribution in [2.24, 2.45) is 0 Å². The summed E-state index contributed by atoms with van der Waals surface area (Å²) in [5.74, 6) is 0. The van der Waals surface area contributed by atoms with E-state index in [2.05, 4.69) is 60.9 Å². The highest BCUT2D eigenvalue weighted by Crippen LogP contribution is 2.52. The first-order valence-corrected chi connectivity index (χ1v) is 8.48. The van der Waals surface area contributed by atoms with Gasteiger partial charge in [0.2, 0.25) is 0 Å². The van der Waals surface area contributed by atoms with Crippen LogP contribution in [0.15, 0.2) is 41.8 Å². The predicted molar refractivity (Wildman–Crippen MR) is 87.4 cm³/mol. The third-order valence-electron chi connectivity index (χ3n) is 4.64. The molecule has 0 amide bonds. The van der Waals surface area contributed by atoms with Crippen LogP contribution >= 0.6 is 11.3 Å². The lowest BCUT2D eigenvalue weighted by Crippen LogP contribution is -2.46. The summed E-state index contributed by atoms with van der Waals surface area (Å²) in [7, 11) is 0. The molecule has 1 aromatic heterocycles. The lowest BCUT2D eigenvalue weighted by molar-refractivity contribution is 0.171. The summed E-state index contributed by atoms with van der Waals surface area (Å²) in [4.78, 5) is 1.41. The van der Waals surface area contributed by atoms with Gasteiger partial charge >= 0.3 is 0 Å². The lowest BCUT2D eigenvalue weighted by atomic mass is 9.59. The van der Waals surface area contributed by atoms with Crippen molar-refractivity contribution in [1.82, 2.24) is 5.32 Å². The highest BCUT2D eigenvalue weighted by atomic mass is 32.1. The van der Waals surface area contributed by atoms with Crippen molar-refractivity contribution in [2.75, 3.05) is 6.54 Å². The molecule has 3 rings (SSSR count). The maximum Gasteiger partial charge on any atom is 0.0426 e. The standard InChI is InChI=1S/C18H23NS/c1-3-19-17(15-12-14(2)20-13-15)18(10-7-11-18)16-8-5-4-6-9-16/h4-6,8-9,12-13,17,19H,3,7,10-11H2,1-2H3. The van der Waals surface area contributed by atoms with Crippen LogP contribution in [0.1, 0.15) is 48.2 Å². The zero-order chi connectivity index (χ0) is 14.0. The Hall–Kier alpha value is -1.12. The fraction of sp³-hybridized carbons (Fsp3) is 0.444. The van der Waals surface area contributed by atoms with Crippen LogP contribution in [0.4, 0.5) is 0 Å². The Kier molecular flexibility index (Phi) is 3.95. The molecule has 106 valence electrons. The van der Waals surface area contributed by atoms with Crippen molar-refractivity contribution in [3.63, 3.8) is 0 Å². The van der Waals surface area contributed by atoms with E-state index in [9.17, 15) is 0 Å². The SMILES string of the molecule is CCNC(c1csc(C)c1)C1(c2ccccc2)CCC1. The Morgan fingerprint density at radius 1 is 1.25 bits per heavy atom.